The highest BCUT2D eigenvalue weighted by atomic mass is 16.1. The van der Waals surface area contributed by atoms with Crippen LogP contribution in [0.4, 0.5) is 5.69 Å². The number of anilines is 1. The summed E-state index contributed by atoms with van der Waals surface area (Å²) in [6, 6.07) is 22.4. The molecule has 5 rings (SSSR count). The Kier molecular flexibility index (Phi) is 3.98. The topological polar surface area (TPSA) is 44.1 Å². The van der Waals surface area contributed by atoms with Gasteiger partial charge in [0.1, 0.15) is 6.07 Å². The number of rotatable bonds is 2. The second-order valence-corrected chi connectivity index (χ2v) is 7.47. The number of carbonyl (C=O) groups excluding carboxylic acids is 1. The number of nitrogens with zero attached hydrogens (tertiary/aromatic N) is 2. The summed E-state index contributed by atoms with van der Waals surface area (Å²) in [5.74, 6) is -0.0295. The number of piperidine rings is 1. The molecule has 1 aliphatic carbocycles. The van der Waals surface area contributed by atoms with E-state index in [1.807, 2.05) is 42.5 Å². The Morgan fingerprint density at radius 1 is 0.786 bits per heavy atom. The van der Waals surface area contributed by atoms with Gasteiger partial charge in [-0.25, -0.2) is 0 Å². The van der Waals surface area contributed by atoms with Gasteiger partial charge in [0.15, 0.2) is 5.78 Å². The number of benzene rings is 3. The van der Waals surface area contributed by atoms with E-state index < -0.39 is 0 Å². The van der Waals surface area contributed by atoms with Crippen molar-refractivity contribution in [3.8, 4) is 28.3 Å². The Bertz CT molecular complexity index is 1120. The molecule has 0 atom stereocenters. The molecule has 0 radical (unpaired) electrons. The second kappa shape index (κ2) is 6.65. The van der Waals surface area contributed by atoms with E-state index in [9.17, 15) is 10.1 Å². The minimum absolute atomic E-state index is 0.0295. The van der Waals surface area contributed by atoms with Gasteiger partial charge in [-0.15, -0.1) is 0 Å². The SMILES string of the molecule is N#Cc1c(N2CCCCC2)cc(-c2ccccc2)c2c1C(=O)c1ccccc1-2. The molecule has 0 bridgehead atoms. The highest BCUT2D eigenvalue weighted by Gasteiger charge is 2.34. The van der Waals surface area contributed by atoms with Crippen molar-refractivity contribution in [3.63, 3.8) is 0 Å². The summed E-state index contributed by atoms with van der Waals surface area (Å²) in [7, 11) is 0. The summed E-state index contributed by atoms with van der Waals surface area (Å²) in [6.45, 7) is 1.87. The van der Waals surface area contributed by atoms with Crippen LogP contribution in [0.5, 0.6) is 0 Å². The summed E-state index contributed by atoms with van der Waals surface area (Å²) in [5, 5.41) is 10.0. The molecule has 3 aromatic rings. The lowest BCUT2D eigenvalue weighted by Crippen LogP contribution is -2.30. The number of nitriles is 1. The van der Waals surface area contributed by atoms with Crippen molar-refractivity contribution >= 4 is 11.5 Å². The van der Waals surface area contributed by atoms with E-state index in [2.05, 4.69) is 29.2 Å². The van der Waals surface area contributed by atoms with Crippen LogP contribution in [0, 0.1) is 11.3 Å². The maximum Gasteiger partial charge on any atom is 0.195 e. The van der Waals surface area contributed by atoms with E-state index in [4.69, 9.17) is 0 Å². The third-order valence-corrected chi connectivity index (χ3v) is 5.87. The molecule has 2 aliphatic rings. The van der Waals surface area contributed by atoms with Crippen LogP contribution in [0.2, 0.25) is 0 Å². The first-order valence-corrected chi connectivity index (χ1v) is 9.85. The molecule has 1 saturated heterocycles. The quantitative estimate of drug-likeness (QED) is 0.476. The van der Waals surface area contributed by atoms with Crippen LogP contribution < -0.4 is 4.90 Å². The van der Waals surface area contributed by atoms with Crippen molar-refractivity contribution in [1.82, 2.24) is 0 Å². The van der Waals surface area contributed by atoms with E-state index in [1.165, 1.54) is 6.42 Å². The van der Waals surface area contributed by atoms with Crippen molar-refractivity contribution in [2.75, 3.05) is 18.0 Å². The van der Waals surface area contributed by atoms with Gasteiger partial charge in [0.05, 0.1) is 16.8 Å². The monoisotopic (exact) mass is 364 g/mol. The fraction of sp³-hybridized carbons (Fsp3) is 0.200. The van der Waals surface area contributed by atoms with Gasteiger partial charge >= 0.3 is 0 Å². The van der Waals surface area contributed by atoms with E-state index >= 15 is 0 Å². The molecular formula is C25H20N2O. The maximum atomic E-state index is 13.3. The summed E-state index contributed by atoms with van der Waals surface area (Å²) in [6.07, 6.45) is 3.47. The Balaban J connectivity index is 1.85. The number of carbonyl (C=O) groups is 1. The van der Waals surface area contributed by atoms with Crippen LogP contribution in [0.25, 0.3) is 22.3 Å². The van der Waals surface area contributed by atoms with Gasteiger partial charge in [-0.05, 0) is 42.0 Å². The predicted molar refractivity (Wildman–Crippen MR) is 112 cm³/mol. The number of hydrogen-bond acceptors (Lipinski definition) is 3. The van der Waals surface area contributed by atoms with Crippen LogP contribution in [0.15, 0.2) is 60.7 Å². The van der Waals surface area contributed by atoms with E-state index in [0.29, 0.717) is 16.7 Å². The first-order chi connectivity index (χ1) is 13.8. The number of fused-ring (bicyclic) bond motifs is 3. The summed E-state index contributed by atoms with van der Waals surface area (Å²) < 4.78 is 0. The normalized spacial score (nSPS) is 15.1. The average Bonchev–Trinajstić information content (AvgIpc) is 3.07. The zero-order valence-corrected chi connectivity index (χ0v) is 15.6. The van der Waals surface area contributed by atoms with Crippen molar-refractivity contribution in [2.24, 2.45) is 0 Å². The van der Waals surface area contributed by atoms with Crippen molar-refractivity contribution in [2.45, 2.75) is 19.3 Å². The Labute approximate surface area is 164 Å². The molecule has 3 nitrogen and oxygen atoms in total. The Hall–Kier alpha value is -3.38. The standard InChI is InChI=1S/C25H20N2O/c26-16-21-22(27-13-7-2-8-14-27)15-20(17-9-3-1-4-10-17)23-18-11-5-6-12-19(18)25(28)24(21)23/h1,3-6,9-12,15H,2,7-8,13-14H2. The largest absolute Gasteiger partial charge is 0.370 e. The maximum absolute atomic E-state index is 13.3. The minimum Gasteiger partial charge on any atom is -0.370 e. The molecule has 0 amide bonds. The molecule has 0 saturated carbocycles. The van der Waals surface area contributed by atoms with Crippen LogP contribution in [-0.4, -0.2) is 18.9 Å². The zero-order chi connectivity index (χ0) is 19.1. The highest BCUT2D eigenvalue weighted by Crippen LogP contribution is 2.47. The fourth-order valence-corrected chi connectivity index (χ4v) is 4.55. The first-order valence-electron chi connectivity index (χ1n) is 9.85. The van der Waals surface area contributed by atoms with Crippen molar-refractivity contribution in [3.05, 3.63) is 77.4 Å². The van der Waals surface area contributed by atoms with Gasteiger partial charge in [-0.3, -0.25) is 4.79 Å². The predicted octanol–water partition coefficient (Wildman–Crippen LogP) is 5.43. The van der Waals surface area contributed by atoms with Gasteiger partial charge in [0.2, 0.25) is 0 Å². The molecule has 0 spiro atoms. The smallest absolute Gasteiger partial charge is 0.195 e. The van der Waals surface area contributed by atoms with Gasteiger partial charge in [-0.1, -0.05) is 54.6 Å². The molecule has 1 fully saturated rings. The van der Waals surface area contributed by atoms with E-state index in [0.717, 1.165) is 53.9 Å². The summed E-state index contributed by atoms with van der Waals surface area (Å²) in [4.78, 5) is 15.6. The molecule has 0 N–H and O–H groups in total. The van der Waals surface area contributed by atoms with Gasteiger partial charge in [-0.2, -0.15) is 5.26 Å². The van der Waals surface area contributed by atoms with Crippen LogP contribution in [0.1, 0.15) is 40.7 Å². The molecule has 28 heavy (non-hydrogen) atoms. The Morgan fingerprint density at radius 2 is 1.46 bits per heavy atom. The van der Waals surface area contributed by atoms with Gasteiger partial charge < -0.3 is 4.90 Å². The van der Waals surface area contributed by atoms with E-state index in [1.54, 1.807) is 0 Å². The Morgan fingerprint density at radius 3 is 2.18 bits per heavy atom. The third-order valence-electron chi connectivity index (χ3n) is 5.87. The second-order valence-electron chi connectivity index (χ2n) is 7.47. The van der Waals surface area contributed by atoms with Crippen molar-refractivity contribution < 1.29 is 4.79 Å². The summed E-state index contributed by atoms with van der Waals surface area (Å²) >= 11 is 0. The molecule has 3 aromatic carbocycles. The molecule has 0 unspecified atom stereocenters. The lowest BCUT2D eigenvalue weighted by atomic mass is 9.89. The van der Waals surface area contributed by atoms with Crippen LogP contribution in [0.3, 0.4) is 0 Å². The first kappa shape index (κ1) is 16.8. The van der Waals surface area contributed by atoms with Gasteiger partial charge in [0.25, 0.3) is 0 Å². The molecule has 1 aliphatic heterocycles. The lowest BCUT2D eigenvalue weighted by molar-refractivity contribution is 0.104. The molecule has 1 heterocycles. The summed E-state index contributed by atoms with van der Waals surface area (Å²) in [5.41, 5.74) is 6.65. The molecule has 136 valence electrons. The lowest BCUT2D eigenvalue weighted by Gasteiger charge is -2.31. The third kappa shape index (κ3) is 2.46. The highest BCUT2D eigenvalue weighted by molar-refractivity contribution is 6.25. The molecule has 3 heteroatoms. The van der Waals surface area contributed by atoms with E-state index in [-0.39, 0.29) is 5.78 Å². The van der Waals surface area contributed by atoms with Gasteiger partial charge in [0, 0.05) is 24.2 Å². The minimum atomic E-state index is -0.0295. The number of hydrogen-bond donors (Lipinski definition) is 0. The van der Waals surface area contributed by atoms with Crippen LogP contribution in [-0.2, 0) is 0 Å². The average molecular weight is 364 g/mol. The van der Waals surface area contributed by atoms with Crippen LogP contribution >= 0.6 is 0 Å². The molecule has 0 aromatic heterocycles. The number of ketones is 1. The zero-order valence-electron chi connectivity index (χ0n) is 15.6. The molecular weight excluding hydrogens is 344 g/mol. The van der Waals surface area contributed by atoms with Crippen molar-refractivity contribution in [1.29, 1.82) is 5.26 Å². The fourth-order valence-electron chi connectivity index (χ4n) is 4.55.